The van der Waals surface area contributed by atoms with Gasteiger partial charge in [-0.1, -0.05) is 49.7 Å². The van der Waals surface area contributed by atoms with Crippen molar-refractivity contribution >= 4 is 13.5 Å². The third-order valence-electron chi connectivity index (χ3n) is 3.15. The van der Waals surface area contributed by atoms with Gasteiger partial charge in [-0.3, -0.25) is 0 Å². The molecule has 0 unspecified atom stereocenters. The molecule has 0 saturated heterocycles. The number of hydrogen-bond acceptors (Lipinski definition) is 7. The second-order valence-electron chi connectivity index (χ2n) is 5.42. The van der Waals surface area contributed by atoms with Crippen LogP contribution in [0.15, 0.2) is 66.4 Å². The number of carbonyl (C=O) groups excluding carboxylic acids is 1. The lowest BCUT2D eigenvalue weighted by molar-refractivity contribution is 0.287. The molecule has 8 heteroatoms. The van der Waals surface area contributed by atoms with Gasteiger partial charge in [-0.05, 0) is 30.7 Å². The average Bonchev–Trinajstić information content (AvgIpc) is 2.71. The summed E-state index contributed by atoms with van der Waals surface area (Å²) in [5.41, 5.74) is -0.376. The smallest absolute Gasteiger partial charge is 0.415 e. The quantitative estimate of drug-likeness (QED) is 0.372. The Morgan fingerprint density at radius 2 is 1.57 bits per heavy atom. The monoisotopic (exact) mass is 402 g/mol. The predicted octanol–water partition coefficient (Wildman–Crippen LogP) is 3.90. The number of allylic oxidation sites excluding steroid dienone is 1. The third-order valence-corrected chi connectivity index (χ3v) is 4.67. The van der Waals surface area contributed by atoms with Crippen molar-refractivity contribution < 1.29 is 23.5 Å². The second-order valence-corrected chi connectivity index (χ2v) is 7.32. The Kier molecular flexibility index (Phi) is 10.8. The standard InChI is InChI=1S/C16H13N2O4P.C4H10O/c17-11-14(12-19)18-13-23(20,21-15-7-3-1-4-8-15)22-16-9-5-2-6-10-16;1-2-3-4-5/h1-10,18H,13H2;5H,2-4H2,1H3. The molecule has 28 heavy (non-hydrogen) atoms. The van der Waals surface area contributed by atoms with E-state index in [1.165, 1.54) is 5.94 Å². The van der Waals surface area contributed by atoms with Crippen LogP contribution in [-0.2, 0) is 9.36 Å². The molecule has 0 aliphatic heterocycles. The first-order chi connectivity index (χ1) is 13.6. The zero-order chi connectivity index (χ0) is 20.7. The molecule has 2 rings (SSSR count). The van der Waals surface area contributed by atoms with Crippen LogP contribution in [0.4, 0.5) is 0 Å². The van der Waals surface area contributed by atoms with Crippen LogP contribution in [0.25, 0.3) is 0 Å². The van der Waals surface area contributed by atoms with E-state index in [-0.39, 0.29) is 12.0 Å². The Balaban J connectivity index is 0.000000696. The summed E-state index contributed by atoms with van der Waals surface area (Å²) < 4.78 is 23.9. The van der Waals surface area contributed by atoms with E-state index in [0.717, 1.165) is 12.8 Å². The van der Waals surface area contributed by atoms with E-state index in [2.05, 4.69) is 12.2 Å². The van der Waals surface area contributed by atoms with Crippen molar-refractivity contribution in [2.45, 2.75) is 19.8 Å². The highest BCUT2D eigenvalue weighted by Gasteiger charge is 2.28. The maximum atomic E-state index is 12.9. The third kappa shape index (κ3) is 9.07. The first-order valence-corrected chi connectivity index (χ1v) is 10.4. The van der Waals surface area contributed by atoms with Crippen LogP contribution < -0.4 is 14.4 Å². The zero-order valence-corrected chi connectivity index (χ0v) is 16.5. The van der Waals surface area contributed by atoms with E-state index in [4.69, 9.17) is 19.4 Å². The van der Waals surface area contributed by atoms with Gasteiger partial charge in [0.25, 0.3) is 0 Å². The number of nitrogens with zero attached hydrogens (tertiary/aromatic N) is 1. The lowest BCUT2D eigenvalue weighted by Crippen LogP contribution is -2.19. The van der Waals surface area contributed by atoms with Crippen LogP contribution in [0, 0.1) is 11.3 Å². The van der Waals surface area contributed by atoms with Gasteiger partial charge in [-0.15, -0.1) is 0 Å². The van der Waals surface area contributed by atoms with Crippen molar-refractivity contribution in [3.8, 4) is 17.6 Å². The second kappa shape index (κ2) is 13.2. The van der Waals surface area contributed by atoms with Crippen molar-refractivity contribution in [1.29, 1.82) is 5.26 Å². The van der Waals surface area contributed by atoms with Crippen LogP contribution in [0.5, 0.6) is 11.5 Å². The largest absolute Gasteiger partial charge is 0.449 e. The molecule has 0 atom stereocenters. The fourth-order valence-electron chi connectivity index (χ4n) is 1.80. The molecule has 148 valence electrons. The van der Waals surface area contributed by atoms with E-state index >= 15 is 0 Å². The Hall–Kier alpha value is -3.03. The van der Waals surface area contributed by atoms with Crippen molar-refractivity contribution in [3.05, 3.63) is 66.4 Å². The van der Waals surface area contributed by atoms with Crippen molar-refractivity contribution in [3.63, 3.8) is 0 Å². The molecule has 0 aromatic heterocycles. The fraction of sp³-hybridized carbons (Fsp3) is 0.250. The van der Waals surface area contributed by atoms with Gasteiger partial charge < -0.3 is 19.5 Å². The minimum absolute atomic E-state index is 0.344. The number of para-hydroxylation sites is 2. The molecule has 0 spiro atoms. The Bertz CT molecular complexity index is 783. The number of nitrogens with one attached hydrogen (secondary N) is 1. The molecule has 0 amide bonds. The zero-order valence-electron chi connectivity index (χ0n) is 15.6. The number of nitriles is 1. The topological polar surface area (TPSA) is 109 Å². The van der Waals surface area contributed by atoms with Crippen molar-refractivity contribution in [2.24, 2.45) is 0 Å². The molecule has 7 nitrogen and oxygen atoms in total. The molecule has 0 fully saturated rings. The molecular weight excluding hydrogens is 379 g/mol. The summed E-state index contributed by atoms with van der Waals surface area (Å²) in [6.07, 6.45) is 1.69. The molecule has 0 aliphatic carbocycles. The SMILES string of the molecule is CCCCO.N#CC(=C=O)NCP(=O)(Oc1ccccc1)Oc1ccccc1. The molecule has 0 aliphatic rings. The van der Waals surface area contributed by atoms with Gasteiger partial charge in [0.1, 0.15) is 23.9 Å². The highest BCUT2D eigenvalue weighted by atomic mass is 31.2. The molecule has 0 heterocycles. The number of aliphatic hydroxyl groups excluding tert-OH is 1. The molecule has 2 aromatic rings. The summed E-state index contributed by atoms with van der Waals surface area (Å²) in [6.45, 7) is 2.40. The maximum Gasteiger partial charge on any atom is 0.449 e. The van der Waals surface area contributed by atoms with E-state index in [9.17, 15) is 9.36 Å². The summed E-state index contributed by atoms with van der Waals surface area (Å²) in [7, 11) is -3.71. The van der Waals surface area contributed by atoms with Crippen LogP contribution in [0.3, 0.4) is 0 Å². The number of aliphatic hydroxyl groups is 1. The average molecular weight is 402 g/mol. The fourth-order valence-corrected chi connectivity index (χ4v) is 3.20. The summed E-state index contributed by atoms with van der Waals surface area (Å²) in [6, 6.07) is 18.6. The first kappa shape index (κ1) is 23.0. The highest BCUT2D eigenvalue weighted by Crippen LogP contribution is 2.47. The van der Waals surface area contributed by atoms with Crippen LogP contribution in [-0.4, -0.2) is 23.9 Å². The summed E-state index contributed by atoms with van der Waals surface area (Å²) in [5, 5.41) is 19.2. The lowest BCUT2D eigenvalue weighted by atomic mass is 10.3. The minimum Gasteiger partial charge on any atom is -0.415 e. The van der Waals surface area contributed by atoms with Crippen LogP contribution >= 0.6 is 7.60 Å². The van der Waals surface area contributed by atoms with Gasteiger partial charge in [-0.2, -0.15) is 5.26 Å². The molecule has 2 N–H and O–H groups in total. The minimum atomic E-state index is -3.71. The van der Waals surface area contributed by atoms with Crippen LogP contribution in [0.2, 0.25) is 0 Å². The highest BCUT2D eigenvalue weighted by molar-refractivity contribution is 7.54. The number of unbranched alkanes of at least 4 members (excludes halogenated alkanes) is 1. The predicted molar refractivity (Wildman–Crippen MR) is 107 cm³/mol. The van der Waals surface area contributed by atoms with E-state index in [1.807, 2.05) is 0 Å². The Labute approximate surface area is 164 Å². The number of benzene rings is 2. The molecule has 2 aromatic carbocycles. The maximum absolute atomic E-state index is 12.9. The van der Waals surface area contributed by atoms with Crippen LogP contribution in [0.1, 0.15) is 19.8 Å². The van der Waals surface area contributed by atoms with E-state index < -0.39 is 7.60 Å². The summed E-state index contributed by atoms with van der Waals surface area (Å²) in [5.74, 6) is 2.11. The molecule has 0 bridgehead atoms. The number of rotatable bonds is 9. The summed E-state index contributed by atoms with van der Waals surface area (Å²) in [4.78, 5) is 10.6. The van der Waals surface area contributed by atoms with Gasteiger partial charge in [0.05, 0.1) is 0 Å². The first-order valence-electron chi connectivity index (χ1n) is 8.65. The van der Waals surface area contributed by atoms with Gasteiger partial charge in [-0.25, -0.2) is 9.36 Å². The molecule has 0 radical (unpaired) electrons. The van der Waals surface area contributed by atoms with Gasteiger partial charge in [0.2, 0.25) is 0 Å². The van der Waals surface area contributed by atoms with Gasteiger partial charge in [0.15, 0.2) is 11.6 Å². The van der Waals surface area contributed by atoms with E-state index in [0.29, 0.717) is 18.1 Å². The Morgan fingerprint density at radius 1 is 1.07 bits per heavy atom. The summed E-state index contributed by atoms with van der Waals surface area (Å²) >= 11 is 0. The van der Waals surface area contributed by atoms with Gasteiger partial charge in [0, 0.05) is 6.61 Å². The van der Waals surface area contributed by atoms with Gasteiger partial charge >= 0.3 is 7.60 Å². The molecule has 0 saturated carbocycles. The normalized spacial score (nSPS) is 9.75. The van der Waals surface area contributed by atoms with Crippen molar-refractivity contribution in [1.82, 2.24) is 5.32 Å². The number of hydrogen-bond donors (Lipinski definition) is 2. The molecular formula is C20H23N2O5P. The van der Waals surface area contributed by atoms with E-state index in [1.54, 1.807) is 66.7 Å². The lowest BCUT2D eigenvalue weighted by Gasteiger charge is -2.20. The van der Waals surface area contributed by atoms with Crippen molar-refractivity contribution in [2.75, 3.05) is 12.9 Å². The Morgan fingerprint density at radius 3 is 1.89 bits per heavy atom.